The van der Waals surface area contributed by atoms with Gasteiger partial charge in [0.05, 0.1) is 0 Å². The molecule has 3 heteroatoms. The van der Waals surface area contributed by atoms with E-state index in [1.165, 1.54) is 6.92 Å². The zero-order valence-corrected chi connectivity index (χ0v) is 6.93. The first-order chi connectivity index (χ1) is 4.57. The number of ketones is 1. The molecule has 0 amide bonds. The molecular formula is C7H14N2O. The number of hydrogen-bond donors (Lipinski definition) is 1. The molecule has 0 aromatic carbocycles. The fourth-order valence-corrected chi connectivity index (χ4v) is 0.617. The van der Waals surface area contributed by atoms with Gasteiger partial charge in [0.2, 0.25) is 0 Å². The summed E-state index contributed by atoms with van der Waals surface area (Å²) in [6, 6.07) is 0. The molecule has 0 rings (SSSR count). The van der Waals surface area contributed by atoms with Crippen molar-refractivity contribution in [2.75, 3.05) is 21.1 Å². The van der Waals surface area contributed by atoms with Crippen molar-refractivity contribution in [3.63, 3.8) is 0 Å². The van der Waals surface area contributed by atoms with Crippen molar-refractivity contribution >= 4 is 5.78 Å². The van der Waals surface area contributed by atoms with Crippen LogP contribution in [0.2, 0.25) is 0 Å². The molecule has 0 bridgehead atoms. The molecule has 0 radical (unpaired) electrons. The first-order valence-corrected chi connectivity index (χ1v) is 3.15. The molecule has 0 spiro atoms. The maximum Gasteiger partial charge on any atom is 0.156 e. The largest absolute Gasteiger partial charge is 0.375 e. The van der Waals surface area contributed by atoms with Crippen LogP contribution in [0.3, 0.4) is 0 Å². The highest BCUT2D eigenvalue weighted by molar-refractivity contribution is 5.87. The Bertz CT molecular complexity index is 150. The van der Waals surface area contributed by atoms with E-state index in [0.717, 1.165) is 5.82 Å². The molecule has 0 aliphatic carbocycles. The fourth-order valence-electron chi connectivity index (χ4n) is 0.617. The summed E-state index contributed by atoms with van der Waals surface area (Å²) >= 11 is 0. The van der Waals surface area contributed by atoms with Crippen LogP contribution in [0, 0.1) is 0 Å². The number of nitrogens with zero attached hydrogens (tertiary/aromatic N) is 1. The molecule has 0 aromatic rings. The minimum Gasteiger partial charge on any atom is -0.375 e. The predicted octanol–water partition coefficient (Wildman–Crippen LogP) is 0.198. The molecule has 1 N–H and O–H groups in total. The van der Waals surface area contributed by atoms with Gasteiger partial charge in [0.15, 0.2) is 5.78 Å². The summed E-state index contributed by atoms with van der Waals surface area (Å²) < 4.78 is 0. The molecule has 0 fully saturated rings. The van der Waals surface area contributed by atoms with Gasteiger partial charge in [-0.25, -0.2) is 0 Å². The van der Waals surface area contributed by atoms with Gasteiger partial charge in [-0.3, -0.25) is 4.79 Å². The number of carbonyl (C=O) groups is 1. The quantitative estimate of drug-likeness (QED) is 0.571. The zero-order chi connectivity index (χ0) is 8.15. The van der Waals surface area contributed by atoms with Gasteiger partial charge < -0.3 is 10.2 Å². The van der Waals surface area contributed by atoms with Crippen molar-refractivity contribution in [3.05, 3.63) is 11.9 Å². The lowest BCUT2D eigenvalue weighted by atomic mass is 10.4. The normalized spacial score (nSPS) is 11.0. The minimum atomic E-state index is 0.0537. The maximum atomic E-state index is 10.6. The minimum absolute atomic E-state index is 0.0537. The summed E-state index contributed by atoms with van der Waals surface area (Å²) in [6.07, 6.45) is 1.56. The monoisotopic (exact) mass is 142 g/mol. The molecule has 0 saturated carbocycles. The van der Waals surface area contributed by atoms with Crippen LogP contribution in [0.1, 0.15) is 6.92 Å². The van der Waals surface area contributed by atoms with Gasteiger partial charge in [0.25, 0.3) is 0 Å². The Labute approximate surface area is 61.7 Å². The van der Waals surface area contributed by atoms with Gasteiger partial charge in [-0.2, -0.15) is 0 Å². The summed E-state index contributed by atoms with van der Waals surface area (Å²) in [7, 11) is 5.55. The van der Waals surface area contributed by atoms with Crippen LogP contribution < -0.4 is 5.32 Å². The van der Waals surface area contributed by atoms with Crippen LogP contribution >= 0.6 is 0 Å². The van der Waals surface area contributed by atoms with E-state index in [1.54, 1.807) is 13.1 Å². The topological polar surface area (TPSA) is 32.3 Å². The van der Waals surface area contributed by atoms with Gasteiger partial charge >= 0.3 is 0 Å². The Hall–Kier alpha value is -0.990. The van der Waals surface area contributed by atoms with Crippen LogP contribution in [0.15, 0.2) is 11.9 Å². The first-order valence-electron chi connectivity index (χ1n) is 3.15. The van der Waals surface area contributed by atoms with Crippen molar-refractivity contribution in [1.29, 1.82) is 0 Å². The summed E-state index contributed by atoms with van der Waals surface area (Å²) in [5, 5.41) is 2.90. The summed E-state index contributed by atoms with van der Waals surface area (Å²) in [5.41, 5.74) is 0. The molecule has 10 heavy (non-hydrogen) atoms. The van der Waals surface area contributed by atoms with Crippen LogP contribution in [-0.4, -0.2) is 31.8 Å². The second-order valence-electron chi connectivity index (χ2n) is 2.28. The lowest BCUT2D eigenvalue weighted by Gasteiger charge is -2.15. The van der Waals surface area contributed by atoms with Crippen LogP contribution in [0.25, 0.3) is 0 Å². The highest BCUT2D eigenvalue weighted by Gasteiger charge is 1.95. The SMILES string of the molecule is CN/C(=C/C(C)=O)N(C)C. The van der Waals surface area contributed by atoms with Crippen molar-refractivity contribution in [2.45, 2.75) is 6.92 Å². The van der Waals surface area contributed by atoms with E-state index in [2.05, 4.69) is 5.32 Å². The highest BCUT2D eigenvalue weighted by Crippen LogP contribution is 1.91. The third-order valence-electron chi connectivity index (χ3n) is 1.08. The van der Waals surface area contributed by atoms with E-state index in [0.29, 0.717) is 0 Å². The molecule has 0 atom stereocenters. The molecule has 0 aliphatic rings. The molecular weight excluding hydrogens is 128 g/mol. The second-order valence-corrected chi connectivity index (χ2v) is 2.28. The molecule has 0 aromatic heterocycles. The van der Waals surface area contributed by atoms with Crippen LogP contribution in [0.5, 0.6) is 0 Å². The second kappa shape index (κ2) is 3.93. The van der Waals surface area contributed by atoms with E-state index in [4.69, 9.17) is 0 Å². The molecule has 58 valence electrons. The predicted molar refractivity (Wildman–Crippen MR) is 41.5 cm³/mol. The third kappa shape index (κ3) is 3.12. The van der Waals surface area contributed by atoms with Crippen LogP contribution in [-0.2, 0) is 4.79 Å². The Balaban J connectivity index is 4.18. The van der Waals surface area contributed by atoms with Crippen molar-refractivity contribution in [1.82, 2.24) is 10.2 Å². The van der Waals surface area contributed by atoms with Gasteiger partial charge in [-0.1, -0.05) is 0 Å². The first kappa shape index (κ1) is 9.01. The van der Waals surface area contributed by atoms with Gasteiger partial charge in [-0.05, 0) is 6.92 Å². The maximum absolute atomic E-state index is 10.6. The summed E-state index contributed by atoms with van der Waals surface area (Å²) in [4.78, 5) is 12.4. The highest BCUT2D eigenvalue weighted by atomic mass is 16.1. The number of allylic oxidation sites excluding steroid dienone is 1. The average molecular weight is 142 g/mol. The molecule has 0 unspecified atom stereocenters. The van der Waals surface area contributed by atoms with Crippen molar-refractivity contribution in [3.8, 4) is 0 Å². The Morgan fingerprint density at radius 1 is 1.50 bits per heavy atom. The zero-order valence-electron chi connectivity index (χ0n) is 6.93. The molecule has 0 saturated heterocycles. The smallest absolute Gasteiger partial charge is 0.156 e. The lowest BCUT2D eigenvalue weighted by molar-refractivity contribution is -0.112. The van der Waals surface area contributed by atoms with E-state index in [-0.39, 0.29) is 5.78 Å². The molecule has 0 aliphatic heterocycles. The van der Waals surface area contributed by atoms with Crippen LogP contribution in [0.4, 0.5) is 0 Å². The Kier molecular flexibility index (Phi) is 3.54. The number of nitrogens with one attached hydrogen (secondary N) is 1. The van der Waals surface area contributed by atoms with E-state index >= 15 is 0 Å². The van der Waals surface area contributed by atoms with E-state index in [9.17, 15) is 4.79 Å². The summed E-state index contributed by atoms with van der Waals surface area (Å²) in [5.74, 6) is 0.880. The van der Waals surface area contributed by atoms with E-state index in [1.807, 2.05) is 19.0 Å². The number of carbonyl (C=O) groups excluding carboxylic acids is 1. The van der Waals surface area contributed by atoms with Crippen molar-refractivity contribution in [2.24, 2.45) is 0 Å². The van der Waals surface area contributed by atoms with Gasteiger partial charge in [0.1, 0.15) is 5.82 Å². The van der Waals surface area contributed by atoms with E-state index < -0.39 is 0 Å². The lowest BCUT2D eigenvalue weighted by Crippen LogP contribution is -2.22. The third-order valence-corrected chi connectivity index (χ3v) is 1.08. The summed E-state index contributed by atoms with van der Waals surface area (Å²) in [6.45, 7) is 1.53. The van der Waals surface area contributed by atoms with Crippen molar-refractivity contribution < 1.29 is 4.79 Å². The Morgan fingerprint density at radius 2 is 2.00 bits per heavy atom. The standard InChI is InChI=1S/C7H14N2O/c1-6(10)5-7(8-2)9(3)4/h5,8H,1-4H3/b7-5-. The Morgan fingerprint density at radius 3 is 2.10 bits per heavy atom. The average Bonchev–Trinajstić information content (AvgIpc) is 1.81. The molecule has 3 nitrogen and oxygen atoms in total. The number of rotatable bonds is 3. The fraction of sp³-hybridized carbons (Fsp3) is 0.571. The van der Waals surface area contributed by atoms with Gasteiger partial charge in [-0.15, -0.1) is 0 Å². The van der Waals surface area contributed by atoms with Gasteiger partial charge in [0, 0.05) is 27.2 Å². The number of hydrogen-bond acceptors (Lipinski definition) is 3. The molecule has 0 heterocycles.